The number of aromatic nitrogens is 3. The Hall–Kier alpha value is -1.43. The van der Waals surface area contributed by atoms with E-state index in [9.17, 15) is 4.79 Å². The van der Waals surface area contributed by atoms with Gasteiger partial charge in [-0.05, 0) is 31.6 Å². The number of nitrogens with zero attached hydrogens (tertiary/aromatic N) is 3. The van der Waals surface area contributed by atoms with Gasteiger partial charge in [0.05, 0.1) is 12.3 Å². The molecule has 2 fully saturated rings. The van der Waals surface area contributed by atoms with E-state index in [0.29, 0.717) is 12.2 Å². The lowest BCUT2D eigenvalue weighted by atomic mass is 9.87. The minimum Gasteiger partial charge on any atom is -0.376 e. The largest absolute Gasteiger partial charge is 0.376 e. The number of ether oxygens (including phenoxy) is 1. The van der Waals surface area contributed by atoms with Crippen molar-refractivity contribution in [2.75, 3.05) is 13.2 Å². The van der Waals surface area contributed by atoms with Crippen LogP contribution in [-0.4, -0.2) is 40.2 Å². The first kappa shape index (κ1) is 16.4. The van der Waals surface area contributed by atoms with Crippen molar-refractivity contribution < 1.29 is 9.53 Å². The fraction of sp³-hybridized carbons (Fsp3) is 0.824. The Morgan fingerprint density at radius 2 is 2.04 bits per heavy atom. The van der Waals surface area contributed by atoms with E-state index in [1.54, 1.807) is 10.9 Å². The summed E-state index contributed by atoms with van der Waals surface area (Å²) in [5, 5.41) is 11.0. The molecule has 0 bridgehead atoms. The van der Waals surface area contributed by atoms with E-state index in [1.807, 2.05) is 0 Å². The summed E-state index contributed by atoms with van der Waals surface area (Å²) < 4.78 is 7.43. The average molecular weight is 320 g/mol. The van der Waals surface area contributed by atoms with Gasteiger partial charge >= 0.3 is 0 Å². The van der Waals surface area contributed by atoms with Crippen molar-refractivity contribution in [1.29, 1.82) is 0 Å². The summed E-state index contributed by atoms with van der Waals surface area (Å²) in [5.41, 5.74) is 0.407. The number of nitrogens with one attached hydrogen (secondary N) is 1. The van der Waals surface area contributed by atoms with E-state index in [-0.39, 0.29) is 12.0 Å². The maximum Gasteiger partial charge on any atom is 0.273 e. The van der Waals surface area contributed by atoms with Gasteiger partial charge in [0.25, 0.3) is 5.91 Å². The summed E-state index contributed by atoms with van der Waals surface area (Å²) >= 11 is 0. The minimum atomic E-state index is -0.150. The standard InChI is InChI=1S/C17H28N4O2/c22-17(18-12-15-8-4-5-11-23-15)16-13-21(20-19-16)10-9-14-6-2-1-3-7-14/h13-15H,1-12H2,(H,18,22). The molecule has 1 aliphatic heterocycles. The molecule has 1 atom stereocenters. The topological polar surface area (TPSA) is 69.0 Å². The monoisotopic (exact) mass is 320 g/mol. The average Bonchev–Trinajstić information content (AvgIpc) is 3.09. The molecule has 1 aromatic heterocycles. The first-order valence-electron chi connectivity index (χ1n) is 9.11. The van der Waals surface area contributed by atoms with Gasteiger partial charge in [-0.3, -0.25) is 9.48 Å². The molecule has 0 aromatic carbocycles. The van der Waals surface area contributed by atoms with Crippen LogP contribution in [0.3, 0.4) is 0 Å². The molecule has 1 saturated carbocycles. The highest BCUT2D eigenvalue weighted by molar-refractivity contribution is 5.91. The number of carbonyl (C=O) groups excluding carboxylic acids is 1. The minimum absolute atomic E-state index is 0.147. The maximum absolute atomic E-state index is 12.1. The zero-order chi connectivity index (χ0) is 15.9. The van der Waals surface area contributed by atoms with Crippen LogP contribution in [0.1, 0.15) is 68.3 Å². The Kier molecular flexibility index (Phi) is 6.02. The van der Waals surface area contributed by atoms with Crippen LogP contribution < -0.4 is 5.32 Å². The van der Waals surface area contributed by atoms with Crippen molar-refractivity contribution >= 4 is 5.91 Å². The second kappa shape index (κ2) is 8.43. The van der Waals surface area contributed by atoms with Gasteiger partial charge in [-0.1, -0.05) is 37.3 Å². The van der Waals surface area contributed by atoms with Crippen molar-refractivity contribution in [3.05, 3.63) is 11.9 Å². The summed E-state index contributed by atoms with van der Waals surface area (Å²) in [4.78, 5) is 12.1. The number of rotatable bonds is 6. The Morgan fingerprint density at radius 3 is 2.83 bits per heavy atom. The molecule has 0 spiro atoms. The summed E-state index contributed by atoms with van der Waals surface area (Å²) in [6, 6.07) is 0. The quantitative estimate of drug-likeness (QED) is 0.874. The number of amides is 1. The van der Waals surface area contributed by atoms with Crippen molar-refractivity contribution in [3.63, 3.8) is 0 Å². The summed E-state index contributed by atoms with van der Waals surface area (Å²) in [6.45, 7) is 2.22. The molecule has 6 heteroatoms. The first-order valence-corrected chi connectivity index (χ1v) is 9.11. The van der Waals surface area contributed by atoms with E-state index in [0.717, 1.165) is 38.3 Å². The molecule has 23 heavy (non-hydrogen) atoms. The molecular formula is C17H28N4O2. The Bertz CT molecular complexity index is 491. The van der Waals surface area contributed by atoms with Crippen LogP contribution in [0.5, 0.6) is 0 Å². The van der Waals surface area contributed by atoms with Crippen LogP contribution in [0.25, 0.3) is 0 Å². The summed E-state index contributed by atoms with van der Waals surface area (Å²) in [6.07, 6.45) is 13.2. The van der Waals surface area contributed by atoms with Crippen molar-refractivity contribution in [1.82, 2.24) is 20.3 Å². The lowest BCUT2D eigenvalue weighted by molar-refractivity contribution is 0.0168. The highest BCUT2D eigenvalue weighted by Gasteiger charge is 2.17. The fourth-order valence-electron chi connectivity index (χ4n) is 3.57. The van der Waals surface area contributed by atoms with Gasteiger partial charge in [0.15, 0.2) is 5.69 Å². The molecule has 1 saturated heterocycles. The van der Waals surface area contributed by atoms with Crippen LogP contribution in [0.2, 0.25) is 0 Å². The molecule has 1 aliphatic carbocycles. The first-order chi connectivity index (χ1) is 11.3. The number of aryl methyl sites for hydroxylation is 1. The van der Waals surface area contributed by atoms with E-state index < -0.39 is 0 Å². The molecule has 2 heterocycles. The molecule has 1 amide bonds. The predicted octanol–water partition coefficient (Wildman–Crippen LogP) is 2.55. The van der Waals surface area contributed by atoms with Gasteiger partial charge in [0.2, 0.25) is 0 Å². The predicted molar refractivity (Wildman–Crippen MR) is 87.1 cm³/mol. The summed E-state index contributed by atoms with van der Waals surface area (Å²) in [7, 11) is 0. The van der Waals surface area contributed by atoms with Crippen molar-refractivity contribution in [2.45, 2.75) is 70.4 Å². The fourth-order valence-corrected chi connectivity index (χ4v) is 3.57. The molecule has 0 radical (unpaired) electrons. The van der Waals surface area contributed by atoms with Gasteiger partial charge < -0.3 is 10.1 Å². The normalized spacial score (nSPS) is 22.9. The van der Waals surface area contributed by atoms with Gasteiger partial charge in [-0.15, -0.1) is 5.10 Å². The van der Waals surface area contributed by atoms with Crippen LogP contribution >= 0.6 is 0 Å². The number of carbonyl (C=O) groups is 1. The maximum atomic E-state index is 12.1. The number of hydrogen-bond acceptors (Lipinski definition) is 4. The zero-order valence-corrected chi connectivity index (χ0v) is 13.9. The van der Waals surface area contributed by atoms with Crippen molar-refractivity contribution in [2.24, 2.45) is 5.92 Å². The van der Waals surface area contributed by atoms with Gasteiger partial charge in [0, 0.05) is 19.7 Å². The van der Waals surface area contributed by atoms with Crippen LogP contribution in [-0.2, 0) is 11.3 Å². The van der Waals surface area contributed by atoms with E-state index in [1.165, 1.54) is 38.5 Å². The molecular weight excluding hydrogens is 292 g/mol. The molecule has 1 N–H and O–H groups in total. The summed E-state index contributed by atoms with van der Waals surface area (Å²) in [5.74, 6) is 0.664. The third-order valence-electron chi connectivity index (χ3n) is 5.03. The van der Waals surface area contributed by atoms with Crippen LogP contribution in [0.15, 0.2) is 6.20 Å². The smallest absolute Gasteiger partial charge is 0.273 e. The molecule has 1 unspecified atom stereocenters. The third kappa shape index (κ3) is 5.03. The molecule has 3 rings (SSSR count). The Balaban J connectivity index is 1.41. The van der Waals surface area contributed by atoms with Gasteiger partial charge in [-0.2, -0.15) is 0 Å². The number of hydrogen-bond donors (Lipinski definition) is 1. The lowest BCUT2D eigenvalue weighted by Gasteiger charge is -2.22. The van der Waals surface area contributed by atoms with Crippen molar-refractivity contribution in [3.8, 4) is 0 Å². The molecule has 6 nitrogen and oxygen atoms in total. The van der Waals surface area contributed by atoms with E-state index in [2.05, 4.69) is 15.6 Å². The highest BCUT2D eigenvalue weighted by atomic mass is 16.5. The molecule has 2 aliphatic rings. The lowest BCUT2D eigenvalue weighted by Crippen LogP contribution is -2.35. The molecule has 1 aromatic rings. The second-order valence-corrected chi connectivity index (χ2v) is 6.86. The van der Waals surface area contributed by atoms with Gasteiger partial charge in [0.1, 0.15) is 0 Å². The Morgan fingerprint density at radius 1 is 1.22 bits per heavy atom. The SMILES string of the molecule is O=C(NCC1CCCCO1)c1cn(CCC2CCCCC2)nn1. The Labute approximate surface area is 138 Å². The van der Waals surface area contributed by atoms with Crippen LogP contribution in [0, 0.1) is 5.92 Å². The molecule has 128 valence electrons. The van der Waals surface area contributed by atoms with E-state index >= 15 is 0 Å². The van der Waals surface area contributed by atoms with E-state index in [4.69, 9.17) is 4.74 Å². The third-order valence-corrected chi connectivity index (χ3v) is 5.03. The van der Waals surface area contributed by atoms with Crippen LogP contribution in [0.4, 0.5) is 0 Å². The highest BCUT2D eigenvalue weighted by Crippen LogP contribution is 2.26. The van der Waals surface area contributed by atoms with Gasteiger partial charge in [-0.25, -0.2) is 0 Å². The zero-order valence-electron chi connectivity index (χ0n) is 13.9. The second-order valence-electron chi connectivity index (χ2n) is 6.86.